The van der Waals surface area contributed by atoms with Crippen LogP contribution in [0.5, 0.6) is 0 Å². The molecular formula is C13H15ClN4S. The summed E-state index contributed by atoms with van der Waals surface area (Å²) in [6, 6.07) is 7.48. The summed E-state index contributed by atoms with van der Waals surface area (Å²) in [7, 11) is 0. The molecule has 0 aliphatic rings. The molecule has 0 saturated heterocycles. The molecule has 2 rings (SSSR count). The highest BCUT2D eigenvalue weighted by molar-refractivity contribution is 7.09. The Kier molecular flexibility index (Phi) is 4.76. The van der Waals surface area contributed by atoms with Crippen LogP contribution in [-0.4, -0.2) is 15.9 Å². The van der Waals surface area contributed by atoms with Gasteiger partial charge >= 0.3 is 0 Å². The number of anilines is 2. The van der Waals surface area contributed by atoms with Crippen LogP contribution in [0, 0.1) is 0 Å². The first-order valence-electron chi connectivity index (χ1n) is 5.96. The highest BCUT2D eigenvalue weighted by Crippen LogP contribution is 2.20. The number of hydrogen-bond acceptors (Lipinski definition) is 5. The summed E-state index contributed by atoms with van der Waals surface area (Å²) in [6.07, 6.45) is 1.92. The fraction of sp³-hybridized carbons (Fsp3) is 0.231. The summed E-state index contributed by atoms with van der Waals surface area (Å²) in [5, 5.41) is 7.88. The minimum Gasteiger partial charge on any atom is -0.389 e. The van der Waals surface area contributed by atoms with Crippen molar-refractivity contribution >= 4 is 40.0 Å². The molecule has 1 heterocycles. The number of rotatable bonds is 5. The molecule has 0 saturated carbocycles. The highest BCUT2D eigenvalue weighted by Gasteiger charge is 2.02. The molecule has 0 fully saturated rings. The molecule has 6 heteroatoms. The normalized spacial score (nSPS) is 11.4. The van der Waals surface area contributed by atoms with Gasteiger partial charge in [-0.15, -0.1) is 0 Å². The number of aromatic nitrogens is 2. The van der Waals surface area contributed by atoms with Gasteiger partial charge in [-0.1, -0.05) is 11.6 Å². The summed E-state index contributed by atoms with van der Waals surface area (Å²) in [5.41, 5.74) is 2.00. The van der Waals surface area contributed by atoms with Crippen LogP contribution in [0.1, 0.15) is 19.7 Å². The largest absolute Gasteiger partial charge is 0.389 e. The molecule has 0 aliphatic carbocycles. The van der Waals surface area contributed by atoms with Crippen molar-refractivity contribution in [2.45, 2.75) is 13.8 Å². The molecule has 100 valence electrons. The molecular weight excluding hydrogens is 280 g/mol. The van der Waals surface area contributed by atoms with E-state index in [1.54, 1.807) is 0 Å². The summed E-state index contributed by atoms with van der Waals surface area (Å²) in [4.78, 5) is 4.40. The first-order chi connectivity index (χ1) is 9.17. The molecule has 19 heavy (non-hydrogen) atoms. The Hall–Kier alpha value is -1.59. The van der Waals surface area contributed by atoms with Gasteiger partial charge in [-0.05, 0) is 38.1 Å². The van der Waals surface area contributed by atoms with Gasteiger partial charge in [0.25, 0.3) is 0 Å². The van der Waals surface area contributed by atoms with Gasteiger partial charge in [-0.2, -0.15) is 9.36 Å². The van der Waals surface area contributed by atoms with E-state index in [0.717, 1.165) is 23.1 Å². The lowest BCUT2D eigenvalue weighted by Crippen LogP contribution is -2.08. The Morgan fingerprint density at radius 2 is 2.11 bits per heavy atom. The number of allylic oxidation sites excluding steroid dienone is 1. The molecule has 0 unspecified atom stereocenters. The second-order valence-corrected chi connectivity index (χ2v) is 5.14. The van der Waals surface area contributed by atoms with Crippen molar-refractivity contribution in [3.63, 3.8) is 0 Å². The zero-order chi connectivity index (χ0) is 13.7. The van der Waals surface area contributed by atoms with Crippen molar-refractivity contribution in [1.82, 2.24) is 14.7 Å². The molecule has 0 atom stereocenters. The van der Waals surface area contributed by atoms with E-state index in [-0.39, 0.29) is 0 Å². The minimum absolute atomic E-state index is 0.708. The van der Waals surface area contributed by atoms with E-state index in [2.05, 4.69) is 26.9 Å². The van der Waals surface area contributed by atoms with Crippen molar-refractivity contribution in [3.8, 4) is 0 Å². The molecule has 0 aliphatic heterocycles. The maximum Gasteiger partial charge on any atom is 0.207 e. The monoisotopic (exact) mass is 294 g/mol. The van der Waals surface area contributed by atoms with Crippen LogP contribution in [0.4, 0.5) is 10.8 Å². The van der Waals surface area contributed by atoms with Crippen molar-refractivity contribution in [3.05, 3.63) is 40.8 Å². The van der Waals surface area contributed by atoms with Gasteiger partial charge in [0, 0.05) is 40.6 Å². The molecule has 1 aromatic carbocycles. The Morgan fingerprint density at radius 1 is 1.37 bits per heavy atom. The van der Waals surface area contributed by atoms with Crippen molar-refractivity contribution in [1.29, 1.82) is 0 Å². The van der Waals surface area contributed by atoms with E-state index in [9.17, 15) is 0 Å². The van der Waals surface area contributed by atoms with E-state index < -0.39 is 0 Å². The maximum atomic E-state index is 5.84. The Morgan fingerprint density at radius 3 is 2.79 bits per heavy atom. The summed E-state index contributed by atoms with van der Waals surface area (Å²) in [5.74, 6) is 0.708. The van der Waals surface area contributed by atoms with E-state index in [4.69, 9.17) is 11.6 Å². The average Bonchev–Trinajstić information content (AvgIpc) is 2.80. The van der Waals surface area contributed by atoms with Gasteiger partial charge in [-0.3, -0.25) is 0 Å². The average molecular weight is 295 g/mol. The minimum atomic E-state index is 0.708. The fourth-order valence-corrected chi connectivity index (χ4v) is 2.22. The topological polar surface area (TPSA) is 49.8 Å². The van der Waals surface area contributed by atoms with Crippen LogP contribution < -0.4 is 10.6 Å². The first kappa shape index (κ1) is 13.8. The van der Waals surface area contributed by atoms with Crippen molar-refractivity contribution in [2.75, 3.05) is 11.9 Å². The quantitative estimate of drug-likeness (QED) is 0.878. The molecule has 0 bridgehead atoms. The van der Waals surface area contributed by atoms with Gasteiger partial charge in [0.15, 0.2) is 5.82 Å². The molecule has 0 radical (unpaired) electrons. The maximum absolute atomic E-state index is 5.84. The summed E-state index contributed by atoms with van der Waals surface area (Å²) in [6.45, 7) is 4.94. The number of nitrogens with one attached hydrogen (secondary N) is 2. The number of halogens is 1. The first-order valence-corrected chi connectivity index (χ1v) is 7.11. The van der Waals surface area contributed by atoms with E-state index in [0.29, 0.717) is 10.8 Å². The number of hydrogen-bond donors (Lipinski definition) is 2. The predicted octanol–water partition coefficient (Wildman–Crippen LogP) is 3.91. The Bertz CT molecular complexity index is 562. The zero-order valence-corrected chi connectivity index (χ0v) is 12.3. The molecule has 2 N–H and O–H groups in total. The second kappa shape index (κ2) is 6.54. The van der Waals surface area contributed by atoms with Crippen LogP contribution in [-0.2, 0) is 0 Å². The van der Waals surface area contributed by atoms with Gasteiger partial charge in [0.2, 0.25) is 5.13 Å². The Labute approximate surface area is 121 Å². The van der Waals surface area contributed by atoms with Gasteiger partial charge in [0.1, 0.15) is 0 Å². The SMILES string of the molecule is CCNC(C)=Cc1nsc(Nc2ccc(Cl)cc2)n1. The van der Waals surface area contributed by atoms with Crippen molar-refractivity contribution in [2.24, 2.45) is 0 Å². The molecule has 2 aromatic rings. The third kappa shape index (κ3) is 4.22. The third-order valence-corrected chi connectivity index (χ3v) is 3.24. The van der Waals surface area contributed by atoms with Crippen LogP contribution in [0.2, 0.25) is 5.02 Å². The lowest BCUT2D eigenvalue weighted by atomic mass is 10.3. The van der Waals surface area contributed by atoms with Gasteiger partial charge in [0.05, 0.1) is 0 Å². The Balaban J connectivity index is 2.05. The third-order valence-electron chi connectivity index (χ3n) is 2.34. The summed E-state index contributed by atoms with van der Waals surface area (Å²) >= 11 is 7.17. The predicted molar refractivity (Wildman–Crippen MR) is 82.0 cm³/mol. The molecule has 0 spiro atoms. The second-order valence-electron chi connectivity index (χ2n) is 3.95. The van der Waals surface area contributed by atoms with E-state index in [1.165, 1.54) is 11.5 Å². The summed E-state index contributed by atoms with van der Waals surface area (Å²) < 4.78 is 4.28. The van der Waals surface area contributed by atoms with E-state index in [1.807, 2.05) is 37.3 Å². The van der Waals surface area contributed by atoms with Crippen molar-refractivity contribution < 1.29 is 0 Å². The number of benzene rings is 1. The van der Waals surface area contributed by atoms with Crippen LogP contribution in [0.3, 0.4) is 0 Å². The van der Waals surface area contributed by atoms with Crippen LogP contribution >= 0.6 is 23.1 Å². The highest BCUT2D eigenvalue weighted by atomic mass is 35.5. The van der Waals surface area contributed by atoms with Gasteiger partial charge in [-0.25, -0.2) is 0 Å². The smallest absolute Gasteiger partial charge is 0.207 e. The standard InChI is InChI=1S/C13H15ClN4S/c1-3-15-9(2)8-12-17-13(19-18-12)16-11-6-4-10(14)5-7-11/h4-8,15H,3H2,1-2H3,(H,16,17,18). The molecule has 1 aromatic heterocycles. The molecule has 4 nitrogen and oxygen atoms in total. The fourth-order valence-electron chi connectivity index (χ4n) is 1.52. The van der Waals surface area contributed by atoms with Crippen LogP contribution in [0.15, 0.2) is 30.0 Å². The number of nitrogens with zero attached hydrogens (tertiary/aromatic N) is 2. The van der Waals surface area contributed by atoms with Crippen LogP contribution in [0.25, 0.3) is 6.08 Å². The zero-order valence-electron chi connectivity index (χ0n) is 10.8. The lowest BCUT2D eigenvalue weighted by Gasteiger charge is -2.01. The lowest BCUT2D eigenvalue weighted by molar-refractivity contribution is 0.860. The van der Waals surface area contributed by atoms with E-state index >= 15 is 0 Å². The molecule has 0 amide bonds. The van der Waals surface area contributed by atoms with Gasteiger partial charge < -0.3 is 10.6 Å².